The van der Waals surface area contributed by atoms with E-state index in [0.717, 1.165) is 17.7 Å². The summed E-state index contributed by atoms with van der Waals surface area (Å²) < 4.78 is 5.09. The highest BCUT2D eigenvalue weighted by atomic mass is 32.2. The molecule has 0 saturated heterocycles. The van der Waals surface area contributed by atoms with Crippen molar-refractivity contribution in [3.05, 3.63) is 72.3 Å². The number of esters is 1. The number of benzene rings is 3. The van der Waals surface area contributed by atoms with E-state index in [1.165, 1.54) is 46.8 Å². The molecule has 160 valence electrons. The second kappa shape index (κ2) is 10.1. The molecular weight excluding hydrogens is 402 g/mol. The van der Waals surface area contributed by atoms with Gasteiger partial charge in [-0.15, -0.1) is 0 Å². The normalized spacial score (nSPS) is 12.3. The largest absolute Gasteiger partial charge is 0.462 e. The van der Waals surface area contributed by atoms with Crippen molar-refractivity contribution in [2.75, 3.05) is 18.1 Å². The molecule has 1 aliphatic rings. The molecule has 4 rings (SSSR count). The third kappa shape index (κ3) is 4.80. The number of anilines is 2. The second-order valence-electron chi connectivity index (χ2n) is 7.76. The van der Waals surface area contributed by atoms with Gasteiger partial charge in [0, 0.05) is 16.3 Å². The summed E-state index contributed by atoms with van der Waals surface area (Å²) in [6, 6.07) is 23.1. The number of unbranched alkanes of at least 4 members (excludes halogenated alkanes) is 3. The number of hydrogen-bond acceptors (Lipinski definition) is 4. The summed E-state index contributed by atoms with van der Waals surface area (Å²) in [7, 11) is 0. The quantitative estimate of drug-likeness (QED) is 0.270. The van der Waals surface area contributed by atoms with E-state index < -0.39 is 0 Å². The van der Waals surface area contributed by atoms with Crippen LogP contribution in [0.25, 0.3) is 11.1 Å². The molecule has 1 heterocycles. The number of ether oxygens (including phenoxy) is 1. The zero-order chi connectivity index (χ0) is 21.6. The molecule has 3 nitrogen and oxygen atoms in total. The summed E-state index contributed by atoms with van der Waals surface area (Å²) in [5.74, 6) is -0.273. The highest BCUT2D eigenvalue weighted by molar-refractivity contribution is 7.99. The van der Waals surface area contributed by atoms with Crippen LogP contribution in [0.15, 0.2) is 76.5 Å². The van der Waals surface area contributed by atoms with Crippen molar-refractivity contribution in [2.45, 2.75) is 49.3 Å². The average molecular weight is 432 g/mol. The molecule has 0 aliphatic carbocycles. The lowest BCUT2D eigenvalue weighted by Crippen LogP contribution is -2.21. The van der Waals surface area contributed by atoms with Crippen LogP contribution in [0.3, 0.4) is 0 Å². The SMILES string of the molecule is CCCCCCN1c2ccccc2Sc2cc(-c3ccc(C(=O)OCC)cc3)ccc21. The molecule has 0 saturated carbocycles. The summed E-state index contributed by atoms with van der Waals surface area (Å²) in [4.78, 5) is 17.0. The maximum Gasteiger partial charge on any atom is 0.338 e. The molecule has 0 atom stereocenters. The van der Waals surface area contributed by atoms with Crippen LogP contribution in [0.1, 0.15) is 49.9 Å². The molecule has 0 fully saturated rings. The van der Waals surface area contributed by atoms with Gasteiger partial charge in [-0.3, -0.25) is 0 Å². The van der Waals surface area contributed by atoms with Crippen molar-refractivity contribution in [2.24, 2.45) is 0 Å². The van der Waals surface area contributed by atoms with Gasteiger partial charge in [0.25, 0.3) is 0 Å². The predicted molar refractivity (Wildman–Crippen MR) is 130 cm³/mol. The molecule has 0 aromatic heterocycles. The number of carbonyl (C=O) groups is 1. The summed E-state index contributed by atoms with van der Waals surface area (Å²) in [5, 5.41) is 0. The Hall–Kier alpha value is -2.72. The van der Waals surface area contributed by atoms with Gasteiger partial charge >= 0.3 is 5.97 Å². The molecular formula is C27H29NO2S. The maximum absolute atomic E-state index is 11.9. The Balaban J connectivity index is 1.61. The Kier molecular flexibility index (Phi) is 6.98. The fourth-order valence-corrected chi connectivity index (χ4v) is 5.10. The van der Waals surface area contributed by atoms with Crippen molar-refractivity contribution in [3.63, 3.8) is 0 Å². The number of hydrogen-bond donors (Lipinski definition) is 0. The molecule has 0 unspecified atom stereocenters. The first-order valence-electron chi connectivity index (χ1n) is 11.2. The molecule has 0 spiro atoms. The fraction of sp³-hybridized carbons (Fsp3) is 0.296. The highest BCUT2D eigenvalue weighted by Gasteiger charge is 2.23. The van der Waals surface area contributed by atoms with Gasteiger partial charge in [-0.05, 0) is 60.9 Å². The van der Waals surface area contributed by atoms with Gasteiger partial charge in [0.1, 0.15) is 0 Å². The number of rotatable bonds is 8. The fourth-order valence-electron chi connectivity index (χ4n) is 3.96. The van der Waals surface area contributed by atoms with Gasteiger partial charge in [0.05, 0.1) is 23.5 Å². The summed E-state index contributed by atoms with van der Waals surface area (Å²) in [6.45, 7) is 5.50. The van der Waals surface area contributed by atoms with E-state index in [1.807, 2.05) is 43.0 Å². The number of fused-ring (bicyclic) bond motifs is 2. The van der Waals surface area contributed by atoms with Crippen LogP contribution >= 0.6 is 11.8 Å². The summed E-state index contributed by atoms with van der Waals surface area (Å²) >= 11 is 1.84. The molecule has 3 aromatic carbocycles. The Morgan fingerprint density at radius 2 is 1.58 bits per heavy atom. The standard InChI is InChI=1S/C27H29NO2S/c1-3-5-6-9-18-28-23-10-7-8-11-25(23)31-26-19-22(16-17-24(26)28)20-12-14-21(15-13-20)27(29)30-4-2/h7-8,10-17,19H,3-6,9,18H2,1-2H3. The van der Waals surface area contributed by atoms with E-state index in [4.69, 9.17) is 4.74 Å². The van der Waals surface area contributed by atoms with Crippen molar-refractivity contribution in [3.8, 4) is 11.1 Å². The van der Waals surface area contributed by atoms with E-state index in [-0.39, 0.29) is 5.97 Å². The topological polar surface area (TPSA) is 29.5 Å². The Labute approximate surface area is 189 Å². The Bertz CT molecular complexity index is 1050. The maximum atomic E-state index is 11.9. The Morgan fingerprint density at radius 1 is 0.839 bits per heavy atom. The van der Waals surface area contributed by atoms with Gasteiger partial charge < -0.3 is 9.64 Å². The van der Waals surface area contributed by atoms with Crippen LogP contribution in [0.2, 0.25) is 0 Å². The van der Waals surface area contributed by atoms with Gasteiger partial charge in [-0.1, -0.05) is 68.3 Å². The van der Waals surface area contributed by atoms with Crippen LogP contribution < -0.4 is 4.90 Å². The van der Waals surface area contributed by atoms with Crippen LogP contribution in [0.4, 0.5) is 11.4 Å². The van der Waals surface area contributed by atoms with Crippen molar-refractivity contribution in [1.82, 2.24) is 0 Å². The number of para-hydroxylation sites is 1. The van der Waals surface area contributed by atoms with Crippen molar-refractivity contribution >= 4 is 29.1 Å². The molecule has 4 heteroatoms. The average Bonchev–Trinajstić information content (AvgIpc) is 2.81. The van der Waals surface area contributed by atoms with Crippen LogP contribution in [0.5, 0.6) is 0 Å². The molecule has 31 heavy (non-hydrogen) atoms. The third-order valence-electron chi connectivity index (χ3n) is 5.59. The summed E-state index contributed by atoms with van der Waals surface area (Å²) in [5.41, 5.74) is 5.44. The minimum absolute atomic E-state index is 0.273. The number of carbonyl (C=O) groups excluding carboxylic acids is 1. The molecule has 1 aliphatic heterocycles. The van der Waals surface area contributed by atoms with Gasteiger partial charge in [0.15, 0.2) is 0 Å². The molecule has 0 bridgehead atoms. The smallest absolute Gasteiger partial charge is 0.338 e. The lowest BCUT2D eigenvalue weighted by Gasteiger charge is -2.33. The van der Waals surface area contributed by atoms with Crippen molar-refractivity contribution in [1.29, 1.82) is 0 Å². The van der Waals surface area contributed by atoms with Crippen LogP contribution in [-0.4, -0.2) is 19.1 Å². The first kappa shape index (κ1) is 21.5. The third-order valence-corrected chi connectivity index (χ3v) is 6.70. The first-order chi connectivity index (χ1) is 15.2. The molecule has 0 N–H and O–H groups in total. The van der Waals surface area contributed by atoms with Gasteiger partial charge in [-0.2, -0.15) is 0 Å². The Morgan fingerprint density at radius 3 is 2.35 bits per heavy atom. The van der Waals surface area contributed by atoms with E-state index in [0.29, 0.717) is 12.2 Å². The van der Waals surface area contributed by atoms with Crippen molar-refractivity contribution < 1.29 is 9.53 Å². The van der Waals surface area contributed by atoms with E-state index in [1.54, 1.807) is 0 Å². The molecule has 0 radical (unpaired) electrons. The lowest BCUT2D eigenvalue weighted by atomic mass is 10.0. The first-order valence-corrected chi connectivity index (χ1v) is 12.0. The molecule has 3 aromatic rings. The van der Waals surface area contributed by atoms with Crippen LogP contribution in [0, 0.1) is 0 Å². The number of nitrogens with zero attached hydrogens (tertiary/aromatic N) is 1. The van der Waals surface area contributed by atoms with E-state index in [2.05, 4.69) is 54.3 Å². The zero-order valence-electron chi connectivity index (χ0n) is 18.3. The summed E-state index contributed by atoms with van der Waals surface area (Å²) in [6.07, 6.45) is 5.01. The highest BCUT2D eigenvalue weighted by Crippen LogP contribution is 2.49. The monoisotopic (exact) mass is 431 g/mol. The minimum atomic E-state index is -0.273. The second-order valence-corrected chi connectivity index (χ2v) is 8.85. The van der Waals surface area contributed by atoms with E-state index >= 15 is 0 Å². The van der Waals surface area contributed by atoms with Crippen LogP contribution in [-0.2, 0) is 4.74 Å². The van der Waals surface area contributed by atoms with Gasteiger partial charge in [-0.25, -0.2) is 4.79 Å². The lowest BCUT2D eigenvalue weighted by molar-refractivity contribution is 0.0526. The van der Waals surface area contributed by atoms with Gasteiger partial charge in [0.2, 0.25) is 0 Å². The predicted octanol–water partition coefficient (Wildman–Crippen LogP) is 7.71. The minimum Gasteiger partial charge on any atom is -0.462 e. The molecule has 0 amide bonds. The zero-order valence-corrected chi connectivity index (χ0v) is 19.1. The van der Waals surface area contributed by atoms with E-state index in [9.17, 15) is 4.79 Å².